The number of amides is 1. The van der Waals surface area contributed by atoms with E-state index in [2.05, 4.69) is 15.9 Å². The standard InChI is InChI=1S/C12H13BrF3NO/c1-2-17(8-7-13)11(18)9-5-3-4-6-10(9)12(14,15)16/h3-6H,2,7-8H2,1H3. The minimum absolute atomic E-state index is 0.298. The van der Waals surface area contributed by atoms with Gasteiger partial charge in [-0.05, 0) is 19.1 Å². The van der Waals surface area contributed by atoms with Crippen LogP contribution in [0.3, 0.4) is 0 Å². The molecule has 0 saturated carbocycles. The van der Waals surface area contributed by atoms with Gasteiger partial charge in [0.25, 0.3) is 5.91 Å². The Kier molecular flexibility index (Phi) is 5.19. The Morgan fingerprint density at radius 3 is 2.44 bits per heavy atom. The number of alkyl halides is 4. The fourth-order valence-corrected chi connectivity index (χ4v) is 2.02. The molecule has 0 radical (unpaired) electrons. The van der Waals surface area contributed by atoms with Crippen molar-refractivity contribution in [2.75, 3.05) is 18.4 Å². The summed E-state index contributed by atoms with van der Waals surface area (Å²) < 4.78 is 38.3. The summed E-state index contributed by atoms with van der Waals surface area (Å²) in [6.45, 7) is 2.48. The van der Waals surface area contributed by atoms with Crippen molar-refractivity contribution in [1.82, 2.24) is 4.90 Å². The van der Waals surface area contributed by atoms with Gasteiger partial charge in [0.2, 0.25) is 0 Å². The molecule has 0 heterocycles. The Hall–Kier alpha value is -1.04. The highest BCUT2D eigenvalue weighted by atomic mass is 79.9. The van der Waals surface area contributed by atoms with Crippen LogP contribution in [0.2, 0.25) is 0 Å². The van der Waals surface area contributed by atoms with E-state index in [0.717, 1.165) is 6.07 Å². The second-order valence-corrected chi connectivity index (χ2v) is 4.41. The lowest BCUT2D eigenvalue weighted by atomic mass is 10.1. The summed E-state index contributed by atoms with van der Waals surface area (Å²) in [7, 11) is 0. The molecule has 1 amide bonds. The van der Waals surface area contributed by atoms with Gasteiger partial charge in [-0.1, -0.05) is 28.1 Å². The van der Waals surface area contributed by atoms with Crippen LogP contribution >= 0.6 is 15.9 Å². The fraction of sp³-hybridized carbons (Fsp3) is 0.417. The average Bonchev–Trinajstić information content (AvgIpc) is 2.34. The smallest absolute Gasteiger partial charge is 0.338 e. The maximum absolute atomic E-state index is 12.8. The minimum Gasteiger partial charge on any atom is -0.338 e. The molecule has 0 spiro atoms. The van der Waals surface area contributed by atoms with Crippen molar-refractivity contribution < 1.29 is 18.0 Å². The molecule has 0 aromatic heterocycles. The van der Waals surface area contributed by atoms with E-state index in [4.69, 9.17) is 0 Å². The summed E-state index contributed by atoms with van der Waals surface area (Å²) in [4.78, 5) is 13.4. The number of carbonyl (C=O) groups excluding carboxylic acids is 1. The summed E-state index contributed by atoms with van der Waals surface area (Å²) in [6.07, 6.45) is -4.51. The molecule has 0 aliphatic heterocycles. The van der Waals surface area contributed by atoms with Crippen molar-refractivity contribution in [3.63, 3.8) is 0 Å². The van der Waals surface area contributed by atoms with Crippen LogP contribution in [0.25, 0.3) is 0 Å². The maximum Gasteiger partial charge on any atom is 0.417 e. The molecule has 0 saturated heterocycles. The van der Waals surface area contributed by atoms with Gasteiger partial charge in [0, 0.05) is 18.4 Å². The van der Waals surface area contributed by atoms with E-state index < -0.39 is 17.6 Å². The first kappa shape index (κ1) is 15.0. The van der Waals surface area contributed by atoms with E-state index >= 15 is 0 Å². The highest BCUT2D eigenvalue weighted by Gasteiger charge is 2.35. The molecule has 18 heavy (non-hydrogen) atoms. The first-order chi connectivity index (χ1) is 8.41. The van der Waals surface area contributed by atoms with Gasteiger partial charge in [0.15, 0.2) is 0 Å². The minimum atomic E-state index is -4.51. The molecule has 0 unspecified atom stereocenters. The van der Waals surface area contributed by atoms with Gasteiger partial charge in [-0.2, -0.15) is 13.2 Å². The average molecular weight is 324 g/mol. The van der Waals surface area contributed by atoms with Crippen molar-refractivity contribution in [3.8, 4) is 0 Å². The topological polar surface area (TPSA) is 20.3 Å². The van der Waals surface area contributed by atoms with Crippen LogP contribution in [0.4, 0.5) is 13.2 Å². The zero-order chi connectivity index (χ0) is 13.8. The van der Waals surface area contributed by atoms with Crippen LogP contribution in [0.5, 0.6) is 0 Å². The second-order valence-electron chi connectivity index (χ2n) is 3.62. The van der Waals surface area contributed by atoms with Gasteiger partial charge in [0.1, 0.15) is 0 Å². The zero-order valence-electron chi connectivity index (χ0n) is 9.80. The van der Waals surface area contributed by atoms with Crippen LogP contribution in [-0.4, -0.2) is 29.2 Å². The van der Waals surface area contributed by atoms with Gasteiger partial charge < -0.3 is 4.90 Å². The molecular weight excluding hydrogens is 311 g/mol. The predicted molar refractivity (Wildman–Crippen MR) is 66.8 cm³/mol. The quantitative estimate of drug-likeness (QED) is 0.776. The zero-order valence-corrected chi connectivity index (χ0v) is 11.4. The van der Waals surface area contributed by atoms with Crippen molar-refractivity contribution in [2.45, 2.75) is 13.1 Å². The van der Waals surface area contributed by atoms with Crippen LogP contribution < -0.4 is 0 Å². The van der Waals surface area contributed by atoms with Crippen molar-refractivity contribution >= 4 is 21.8 Å². The first-order valence-corrected chi connectivity index (χ1v) is 6.55. The van der Waals surface area contributed by atoms with E-state index in [1.807, 2.05) is 0 Å². The summed E-state index contributed by atoms with van der Waals surface area (Å²) in [5.74, 6) is -0.593. The van der Waals surface area contributed by atoms with E-state index in [1.165, 1.54) is 23.1 Å². The second kappa shape index (κ2) is 6.22. The Morgan fingerprint density at radius 1 is 1.33 bits per heavy atom. The monoisotopic (exact) mass is 323 g/mol. The Morgan fingerprint density at radius 2 is 1.94 bits per heavy atom. The molecule has 0 atom stereocenters. The number of rotatable bonds is 4. The van der Waals surface area contributed by atoms with Gasteiger partial charge in [-0.15, -0.1) is 0 Å². The molecule has 6 heteroatoms. The molecule has 0 bridgehead atoms. The number of halogens is 4. The van der Waals surface area contributed by atoms with Crippen LogP contribution in [-0.2, 0) is 6.18 Å². The molecule has 0 N–H and O–H groups in total. The highest BCUT2D eigenvalue weighted by molar-refractivity contribution is 9.09. The van der Waals surface area contributed by atoms with E-state index in [-0.39, 0.29) is 5.56 Å². The molecule has 0 aliphatic rings. The van der Waals surface area contributed by atoms with Crippen molar-refractivity contribution in [3.05, 3.63) is 35.4 Å². The number of hydrogen-bond acceptors (Lipinski definition) is 1. The van der Waals surface area contributed by atoms with Gasteiger partial charge in [-0.3, -0.25) is 4.79 Å². The number of hydrogen-bond donors (Lipinski definition) is 0. The van der Waals surface area contributed by atoms with Crippen LogP contribution in [0, 0.1) is 0 Å². The molecule has 1 aromatic carbocycles. The summed E-state index contributed by atoms with van der Waals surface area (Å²) in [5, 5.41) is 0.529. The molecule has 1 rings (SSSR count). The summed E-state index contributed by atoms with van der Waals surface area (Å²) >= 11 is 3.17. The largest absolute Gasteiger partial charge is 0.417 e. The number of carbonyl (C=O) groups is 1. The fourth-order valence-electron chi connectivity index (χ4n) is 1.59. The van der Waals surface area contributed by atoms with Crippen LogP contribution in [0.15, 0.2) is 24.3 Å². The third-order valence-corrected chi connectivity index (χ3v) is 2.84. The normalized spacial score (nSPS) is 11.4. The molecule has 2 nitrogen and oxygen atoms in total. The lowest BCUT2D eigenvalue weighted by Crippen LogP contribution is -2.33. The van der Waals surface area contributed by atoms with Crippen molar-refractivity contribution in [2.24, 2.45) is 0 Å². The lowest BCUT2D eigenvalue weighted by molar-refractivity contribution is -0.138. The maximum atomic E-state index is 12.8. The Labute approximate surface area is 112 Å². The summed E-state index contributed by atoms with van der Waals surface area (Å²) in [5.41, 5.74) is -1.18. The van der Waals surface area contributed by atoms with Gasteiger partial charge in [0.05, 0.1) is 11.1 Å². The third kappa shape index (κ3) is 3.48. The third-order valence-electron chi connectivity index (χ3n) is 2.49. The Bertz CT molecular complexity index is 420. The van der Waals surface area contributed by atoms with Gasteiger partial charge >= 0.3 is 6.18 Å². The SMILES string of the molecule is CCN(CCBr)C(=O)c1ccccc1C(F)(F)F. The molecule has 0 aliphatic carbocycles. The summed E-state index contributed by atoms with van der Waals surface area (Å²) in [6, 6.07) is 4.85. The lowest BCUT2D eigenvalue weighted by Gasteiger charge is -2.21. The molecule has 0 fully saturated rings. The number of benzene rings is 1. The molecule has 100 valence electrons. The molecular formula is C12H13BrF3NO. The Balaban J connectivity index is 3.13. The number of nitrogens with zero attached hydrogens (tertiary/aromatic N) is 1. The van der Waals surface area contributed by atoms with E-state index in [1.54, 1.807) is 6.92 Å². The van der Waals surface area contributed by atoms with Gasteiger partial charge in [-0.25, -0.2) is 0 Å². The van der Waals surface area contributed by atoms with Crippen LogP contribution in [0.1, 0.15) is 22.8 Å². The molecule has 1 aromatic rings. The van der Waals surface area contributed by atoms with E-state index in [9.17, 15) is 18.0 Å². The predicted octanol–water partition coefficient (Wildman–Crippen LogP) is 3.56. The van der Waals surface area contributed by atoms with E-state index in [0.29, 0.717) is 18.4 Å². The first-order valence-electron chi connectivity index (χ1n) is 5.43. The van der Waals surface area contributed by atoms with Crippen molar-refractivity contribution in [1.29, 1.82) is 0 Å². The highest BCUT2D eigenvalue weighted by Crippen LogP contribution is 2.32.